The third-order valence-electron chi connectivity index (χ3n) is 5.09. The summed E-state index contributed by atoms with van der Waals surface area (Å²) in [6.07, 6.45) is -0.00307. The summed E-state index contributed by atoms with van der Waals surface area (Å²) in [6.45, 7) is 0. The van der Waals surface area contributed by atoms with Crippen LogP contribution in [-0.4, -0.2) is 22.7 Å². The Bertz CT molecular complexity index is 1010. The molecule has 0 radical (unpaired) electrons. The van der Waals surface area contributed by atoms with E-state index < -0.39 is 6.23 Å². The topological polar surface area (TPSA) is 41.9 Å². The molecule has 0 saturated heterocycles. The molecule has 0 amide bonds. The van der Waals surface area contributed by atoms with Crippen molar-refractivity contribution in [2.24, 2.45) is 5.10 Å². The molecule has 0 aliphatic carbocycles. The number of para-hydroxylation sites is 1. The summed E-state index contributed by atoms with van der Waals surface area (Å²) in [5.41, 5.74) is 3.76. The van der Waals surface area contributed by atoms with E-state index in [0.29, 0.717) is 5.56 Å². The van der Waals surface area contributed by atoms with Gasteiger partial charge in [0.25, 0.3) is 6.23 Å². The zero-order chi connectivity index (χ0) is 18.2. The Hall–Kier alpha value is -3.40. The molecule has 0 unspecified atom stereocenters. The number of ketones is 1. The van der Waals surface area contributed by atoms with Gasteiger partial charge in [0.2, 0.25) is 5.78 Å². The van der Waals surface area contributed by atoms with Gasteiger partial charge in [-0.25, -0.2) is 5.01 Å². The summed E-state index contributed by atoms with van der Waals surface area (Å²) in [7, 11) is 0. The fourth-order valence-corrected chi connectivity index (χ4v) is 3.76. The molecule has 4 nitrogen and oxygen atoms in total. The first-order valence-corrected chi connectivity index (χ1v) is 9.07. The third kappa shape index (κ3) is 2.70. The van der Waals surface area contributed by atoms with Crippen molar-refractivity contribution >= 4 is 11.5 Å². The van der Waals surface area contributed by atoms with Gasteiger partial charge in [-0.05, 0) is 11.6 Å². The number of hydrogen-bond donors (Lipinski definition) is 0. The van der Waals surface area contributed by atoms with Crippen LogP contribution in [0.5, 0.6) is 5.75 Å². The first-order valence-electron chi connectivity index (χ1n) is 9.07. The second-order valence-corrected chi connectivity index (χ2v) is 6.75. The van der Waals surface area contributed by atoms with Gasteiger partial charge in [-0.15, -0.1) is 0 Å². The average molecular weight is 354 g/mol. The molecule has 3 aromatic rings. The van der Waals surface area contributed by atoms with Gasteiger partial charge in [-0.3, -0.25) is 4.79 Å². The maximum absolute atomic E-state index is 13.2. The van der Waals surface area contributed by atoms with Gasteiger partial charge < -0.3 is 4.74 Å². The number of benzene rings is 3. The minimum Gasteiger partial charge on any atom is -0.461 e. The maximum atomic E-state index is 13.2. The van der Waals surface area contributed by atoms with Gasteiger partial charge in [-0.2, -0.15) is 5.10 Å². The highest BCUT2D eigenvalue weighted by atomic mass is 16.5. The summed E-state index contributed by atoms with van der Waals surface area (Å²) in [5, 5.41) is 6.64. The van der Waals surface area contributed by atoms with E-state index in [1.54, 1.807) is 0 Å². The third-order valence-corrected chi connectivity index (χ3v) is 5.09. The highest BCUT2D eigenvalue weighted by molar-refractivity contribution is 6.03. The van der Waals surface area contributed by atoms with Gasteiger partial charge in [0, 0.05) is 17.5 Å². The Morgan fingerprint density at radius 3 is 2.33 bits per heavy atom. The number of fused-ring (bicyclic) bond motifs is 3. The Balaban J connectivity index is 1.57. The van der Waals surface area contributed by atoms with E-state index in [2.05, 4.69) is 18.2 Å². The largest absolute Gasteiger partial charge is 0.461 e. The van der Waals surface area contributed by atoms with Crippen molar-refractivity contribution in [1.82, 2.24) is 5.01 Å². The van der Waals surface area contributed by atoms with Gasteiger partial charge >= 0.3 is 0 Å². The molecular weight excluding hydrogens is 336 g/mol. The first kappa shape index (κ1) is 15.8. The van der Waals surface area contributed by atoms with Crippen LogP contribution in [0.1, 0.15) is 33.9 Å². The molecule has 2 heterocycles. The van der Waals surface area contributed by atoms with Crippen LogP contribution in [0.4, 0.5) is 0 Å². The minimum absolute atomic E-state index is 0.00261. The number of nitrogens with zero attached hydrogens (tertiary/aromatic N) is 2. The van der Waals surface area contributed by atoms with Crippen LogP contribution >= 0.6 is 0 Å². The van der Waals surface area contributed by atoms with Crippen molar-refractivity contribution in [3.05, 3.63) is 102 Å². The maximum Gasteiger partial charge on any atom is 0.251 e. The van der Waals surface area contributed by atoms with E-state index in [9.17, 15) is 4.79 Å². The van der Waals surface area contributed by atoms with Gasteiger partial charge in [-0.1, -0.05) is 78.9 Å². The number of hydrazone groups is 1. The van der Waals surface area contributed by atoms with Crippen LogP contribution in [0.15, 0.2) is 90.0 Å². The molecule has 0 spiro atoms. The lowest BCUT2D eigenvalue weighted by atomic mass is 9.96. The Kier molecular flexibility index (Phi) is 3.75. The fourth-order valence-electron chi connectivity index (χ4n) is 3.76. The van der Waals surface area contributed by atoms with Crippen LogP contribution in [0.25, 0.3) is 0 Å². The van der Waals surface area contributed by atoms with E-state index in [-0.39, 0.29) is 11.8 Å². The molecule has 0 fully saturated rings. The highest BCUT2D eigenvalue weighted by Gasteiger charge is 2.43. The molecule has 0 bridgehead atoms. The monoisotopic (exact) mass is 354 g/mol. The average Bonchev–Trinajstić information content (AvgIpc) is 3.20. The van der Waals surface area contributed by atoms with Gasteiger partial charge in [0.15, 0.2) is 0 Å². The molecule has 2 aliphatic heterocycles. The predicted octanol–water partition coefficient (Wildman–Crippen LogP) is 4.44. The molecule has 3 aromatic carbocycles. The van der Waals surface area contributed by atoms with Gasteiger partial charge in [0.05, 0.1) is 11.8 Å². The van der Waals surface area contributed by atoms with Crippen LogP contribution in [0, 0.1) is 0 Å². The first-order chi connectivity index (χ1) is 13.3. The van der Waals surface area contributed by atoms with E-state index in [1.165, 1.54) is 0 Å². The van der Waals surface area contributed by atoms with E-state index in [4.69, 9.17) is 9.84 Å². The highest BCUT2D eigenvalue weighted by Crippen LogP contribution is 2.43. The minimum atomic E-state index is -0.756. The Morgan fingerprint density at radius 1 is 0.889 bits per heavy atom. The second kappa shape index (κ2) is 6.40. The molecular formula is C23H18N2O2. The van der Waals surface area contributed by atoms with Crippen LogP contribution < -0.4 is 4.74 Å². The van der Waals surface area contributed by atoms with Crippen LogP contribution in [0.2, 0.25) is 0 Å². The Morgan fingerprint density at radius 2 is 1.56 bits per heavy atom. The molecule has 0 N–H and O–H groups in total. The lowest BCUT2D eigenvalue weighted by Crippen LogP contribution is -2.45. The number of Topliss-reactive ketones (excluding diaryl/α,β-unsaturated/α-hetero) is 1. The van der Waals surface area contributed by atoms with Crippen LogP contribution in [-0.2, 0) is 0 Å². The standard InChI is InChI=1S/C23H18N2O2/c26-22(17-11-5-2-6-12-17)23-25-20(18-13-7-8-14-21(18)27-23)15-19(24-25)16-9-3-1-4-10-16/h1-14,20,23H,15H2/t20-,23+/m0/s1. The number of ether oxygens (including phenoxy) is 1. The van der Waals surface area contributed by atoms with E-state index >= 15 is 0 Å². The number of rotatable bonds is 3. The lowest BCUT2D eigenvalue weighted by Gasteiger charge is -2.37. The molecule has 2 atom stereocenters. The summed E-state index contributed by atoms with van der Waals surface area (Å²) < 4.78 is 6.12. The van der Waals surface area contributed by atoms with Crippen molar-refractivity contribution in [1.29, 1.82) is 0 Å². The summed E-state index contributed by atoms with van der Waals surface area (Å²) in [4.78, 5) is 13.2. The zero-order valence-electron chi connectivity index (χ0n) is 14.7. The molecule has 2 aliphatic rings. The smallest absolute Gasteiger partial charge is 0.251 e. The van der Waals surface area contributed by atoms with E-state index in [1.807, 2.05) is 71.7 Å². The normalized spacial score (nSPS) is 20.3. The van der Waals surface area contributed by atoms with Gasteiger partial charge in [0.1, 0.15) is 5.75 Å². The fraction of sp³-hybridized carbons (Fsp3) is 0.130. The van der Waals surface area contributed by atoms with Crippen LogP contribution in [0.3, 0.4) is 0 Å². The van der Waals surface area contributed by atoms with Crippen molar-refractivity contribution in [3.8, 4) is 5.75 Å². The molecule has 4 heteroatoms. The number of hydrogen-bond acceptors (Lipinski definition) is 4. The molecule has 132 valence electrons. The molecule has 5 rings (SSSR count). The molecule has 0 aromatic heterocycles. The summed E-state index contributed by atoms with van der Waals surface area (Å²) >= 11 is 0. The van der Waals surface area contributed by atoms with Crippen molar-refractivity contribution in [3.63, 3.8) is 0 Å². The molecule has 27 heavy (non-hydrogen) atoms. The van der Waals surface area contributed by atoms with Crippen molar-refractivity contribution in [2.45, 2.75) is 18.7 Å². The van der Waals surface area contributed by atoms with Crippen molar-refractivity contribution in [2.75, 3.05) is 0 Å². The summed E-state index contributed by atoms with van der Waals surface area (Å²) in [5.74, 6) is 0.686. The molecule has 0 saturated carbocycles. The Labute approximate surface area is 157 Å². The number of carbonyl (C=O) groups excluding carboxylic acids is 1. The zero-order valence-corrected chi connectivity index (χ0v) is 14.7. The lowest BCUT2D eigenvalue weighted by molar-refractivity contribution is -0.00455. The quantitative estimate of drug-likeness (QED) is 0.653. The second-order valence-electron chi connectivity index (χ2n) is 6.75. The number of carbonyl (C=O) groups is 1. The summed E-state index contributed by atoms with van der Waals surface area (Å²) in [6, 6.07) is 27.3. The SMILES string of the molecule is O=C(c1ccccc1)[C@H]1Oc2ccccc2[C@@H]2CC(c3ccccc3)=NN12. The van der Waals surface area contributed by atoms with E-state index in [0.717, 1.165) is 29.0 Å². The predicted molar refractivity (Wildman–Crippen MR) is 104 cm³/mol. The van der Waals surface area contributed by atoms with Crippen molar-refractivity contribution < 1.29 is 9.53 Å².